The van der Waals surface area contributed by atoms with Gasteiger partial charge in [0.1, 0.15) is 5.82 Å². The molecule has 0 aliphatic rings. The van der Waals surface area contributed by atoms with Crippen molar-refractivity contribution in [2.75, 3.05) is 6.61 Å². The van der Waals surface area contributed by atoms with Gasteiger partial charge < -0.3 is 5.11 Å². The average molecular weight is 276 g/mol. The highest BCUT2D eigenvalue weighted by Crippen LogP contribution is 2.36. The van der Waals surface area contributed by atoms with E-state index < -0.39 is 5.92 Å². The number of hydrogen-bond acceptors (Lipinski definition) is 4. The first-order chi connectivity index (χ1) is 9.26. The molecule has 0 unspecified atom stereocenters. The van der Waals surface area contributed by atoms with E-state index in [-0.39, 0.29) is 18.3 Å². The number of aliphatic hydroxyl groups excluding tert-OH is 1. The molecule has 2 atom stereocenters. The second-order valence-electron chi connectivity index (χ2n) is 4.18. The summed E-state index contributed by atoms with van der Waals surface area (Å²) in [7, 11) is 0. The monoisotopic (exact) mass is 276 g/mol. The molecular weight excluding hydrogens is 263 g/mol. The topological polar surface area (TPSA) is 56.9 Å². The third-order valence-electron chi connectivity index (χ3n) is 3.01. The maximum absolute atomic E-state index is 13.3. The number of nitriles is 1. The summed E-state index contributed by atoms with van der Waals surface area (Å²) in [5.41, 5.74) is 2.33. The van der Waals surface area contributed by atoms with E-state index in [4.69, 9.17) is 0 Å². The molecule has 19 heavy (non-hydrogen) atoms. The lowest BCUT2D eigenvalue weighted by atomic mass is 9.84. The van der Waals surface area contributed by atoms with E-state index in [1.54, 1.807) is 23.8 Å². The first-order valence-corrected chi connectivity index (χ1v) is 6.78. The minimum absolute atomic E-state index is 0.0178. The predicted molar refractivity (Wildman–Crippen MR) is 71.3 cm³/mol. The molecule has 0 saturated heterocycles. The number of rotatable bonds is 5. The minimum Gasteiger partial charge on any atom is -0.396 e. The highest BCUT2D eigenvalue weighted by molar-refractivity contribution is 7.09. The molecule has 2 aromatic rings. The number of aliphatic hydroxyl groups is 1. The van der Waals surface area contributed by atoms with E-state index in [0.717, 1.165) is 4.88 Å². The van der Waals surface area contributed by atoms with Crippen LogP contribution in [0.5, 0.6) is 0 Å². The van der Waals surface area contributed by atoms with Crippen molar-refractivity contribution in [3.63, 3.8) is 0 Å². The molecule has 0 bridgehead atoms. The van der Waals surface area contributed by atoms with Crippen molar-refractivity contribution in [3.05, 3.63) is 52.2 Å². The Balaban J connectivity index is 2.36. The average Bonchev–Trinajstić information content (AvgIpc) is 2.92. The minimum atomic E-state index is -0.483. The van der Waals surface area contributed by atoms with Crippen molar-refractivity contribution in [3.8, 4) is 6.07 Å². The van der Waals surface area contributed by atoms with Crippen LogP contribution in [0.1, 0.15) is 28.7 Å². The van der Waals surface area contributed by atoms with Crippen LogP contribution in [0.4, 0.5) is 4.39 Å². The summed E-state index contributed by atoms with van der Waals surface area (Å²) in [6.07, 6.45) is 2.16. The third kappa shape index (κ3) is 3.16. The van der Waals surface area contributed by atoms with Crippen molar-refractivity contribution in [1.29, 1.82) is 5.26 Å². The molecule has 0 aliphatic heterocycles. The Morgan fingerprint density at radius 2 is 2.32 bits per heavy atom. The Labute approximate surface area is 115 Å². The zero-order chi connectivity index (χ0) is 13.7. The van der Waals surface area contributed by atoms with Gasteiger partial charge in [-0.05, 0) is 24.1 Å². The lowest BCUT2D eigenvalue weighted by molar-refractivity contribution is 0.272. The van der Waals surface area contributed by atoms with Crippen molar-refractivity contribution < 1.29 is 9.50 Å². The summed E-state index contributed by atoms with van der Waals surface area (Å²) in [5, 5.41) is 18.6. The van der Waals surface area contributed by atoms with Crippen LogP contribution in [0.25, 0.3) is 0 Å². The molecule has 1 heterocycles. The van der Waals surface area contributed by atoms with Gasteiger partial charge >= 0.3 is 0 Å². The van der Waals surface area contributed by atoms with Gasteiger partial charge in [-0.25, -0.2) is 4.39 Å². The highest BCUT2D eigenvalue weighted by atomic mass is 32.1. The van der Waals surface area contributed by atoms with Gasteiger partial charge in [-0.1, -0.05) is 12.1 Å². The molecule has 0 spiro atoms. The van der Waals surface area contributed by atoms with E-state index in [0.29, 0.717) is 12.0 Å². The molecule has 98 valence electrons. The summed E-state index contributed by atoms with van der Waals surface area (Å²) in [6.45, 7) is -0.0178. The van der Waals surface area contributed by atoms with Gasteiger partial charge in [0.2, 0.25) is 0 Å². The lowest BCUT2D eigenvalue weighted by Crippen LogP contribution is -2.11. The smallest absolute Gasteiger partial charge is 0.123 e. The van der Waals surface area contributed by atoms with E-state index in [1.165, 1.54) is 23.5 Å². The Morgan fingerprint density at radius 1 is 1.47 bits per heavy atom. The fraction of sp³-hybridized carbons (Fsp3) is 0.286. The van der Waals surface area contributed by atoms with E-state index in [1.807, 2.05) is 0 Å². The SMILES string of the molecule is N#C[C@H](c1cccc(F)c1)[C@@H](CCO)c1cncs1. The molecule has 3 nitrogen and oxygen atoms in total. The van der Waals surface area contributed by atoms with Crippen LogP contribution in [-0.2, 0) is 0 Å². The van der Waals surface area contributed by atoms with Crippen LogP contribution in [0.2, 0.25) is 0 Å². The fourth-order valence-corrected chi connectivity index (χ4v) is 2.91. The molecule has 5 heteroatoms. The molecule has 1 aromatic carbocycles. The maximum Gasteiger partial charge on any atom is 0.123 e. The summed E-state index contributed by atoms with van der Waals surface area (Å²) >= 11 is 1.45. The number of nitrogens with zero attached hydrogens (tertiary/aromatic N) is 2. The van der Waals surface area contributed by atoms with Crippen LogP contribution in [0, 0.1) is 17.1 Å². The van der Waals surface area contributed by atoms with E-state index >= 15 is 0 Å². The van der Waals surface area contributed by atoms with Crippen LogP contribution in [0.3, 0.4) is 0 Å². The molecule has 0 amide bonds. The standard InChI is InChI=1S/C14H13FN2OS/c15-11-3-1-2-10(6-11)13(7-16)12(4-5-18)14-8-17-9-19-14/h1-3,6,8-9,12-13,18H,4-5H2/t12-,13-/m1/s1. The molecule has 0 radical (unpaired) electrons. The molecule has 2 rings (SSSR count). The fourth-order valence-electron chi connectivity index (χ4n) is 2.12. The van der Waals surface area contributed by atoms with Gasteiger partial charge in [-0.2, -0.15) is 5.26 Å². The second-order valence-corrected chi connectivity index (χ2v) is 5.10. The largest absolute Gasteiger partial charge is 0.396 e. The summed E-state index contributed by atoms with van der Waals surface area (Å²) in [5.74, 6) is -1.00. The van der Waals surface area contributed by atoms with Gasteiger partial charge in [-0.15, -0.1) is 11.3 Å². The zero-order valence-corrected chi connectivity index (χ0v) is 11.0. The second kappa shape index (κ2) is 6.41. The van der Waals surface area contributed by atoms with Crippen molar-refractivity contribution in [2.24, 2.45) is 0 Å². The summed E-state index contributed by atoms with van der Waals surface area (Å²) < 4.78 is 13.3. The summed E-state index contributed by atoms with van der Waals surface area (Å²) in [6, 6.07) is 8.28. The molecular formula is C14H13FN2OS. The third-order valence-corrected chi connectivity index (χ3v) is 3.91. The van der Waals surface area contributed by atoms with Gasteiger partial charge in [-0.3, -0.25) is 4.98 Å². The quantitative estimate of drug-likeness (QED) is 0.913. The molecule has 1 aromatic heterocycles. The lowest BCUT2D eigenvalue weighted by Gasteiger charge is -2.20. The van der Waals surface area contributed by atoms with E-state index in [2.05, 4.69) is 11.1 Å². The number of hydrogen-bond donors (Lipinski definition) is 1. The Morgan fingerprint density at radius 3 is 2.89 bits per heavy atom. The molecule has 0 saturated carbocycles. The van der Waals surface area contributed by atoms with Gasteiger partial charge in [0, 0.05) is 23.6 Å². The van der Waals surface area contributed by atoms with Crippen LogP contribution in [-0.4, -0.2) is 16.7 Å². The van der Waals surface area contributed by atoms with Crippen molar-refractivity contribution in [1.82, 2.24) is 4.98 Å². The number of aromatic nitrogens is 1. The Hall–Kier alpha value is -1.77. The number of thiazole rings is 1. The van der Waals surface area contributed by atoms with Crippen molar-refractivity contribution in [2.45, 2.75) is 18.3 Å². The first kappa shape index (κ1) is 13.7. The van der Waals surface area contributed by atoms with Crippen LogP contribution in [0.15, 0.2) is 36.0 Å². The Kier molecular flexibility index (Phi) is 4.61. The van der Waals surface area contributed by atoms with Crippen molar-refractivity contribution >= 4 is 11.3 Å². The van der Waals surface area contributed by atoms with Gasteiger partial charge in [0.15, 0.2) is 0 Å². The highest BCUT2D eigenvalue weighted by Gasteiger charge is 2.25. The first-order valence-electron chi connectivity index (χ1n) is 5.90. The maximum atomic E-state index is 13.3. The Bertz CT molecular complexity index is 565. The number of halogens is 1. The van der Waals surface area contributed by atoms with E-state index in [9.17, 15) is 14.8 Å². The number of benzene rings is 1. The van der Waals surface area contributed by atoms with Crippen LogP contribution < -0.4 is 0 Å². The van der Waals surface area contributed by atoms with Gasteiger partial charge in [0.25, 0.3) is 0 Å². The predicted octanol–water partition coefficient (Wildman–Crippen LogP) is 3.06. The normalized spacial score (nSPS) is 13.7. The zero-order valence-electron chi connectivity index (χ0n) is 10.2. The molecule has 0 fully saturated rings. The summed E-state index contributed by atoms with van der Waals surface area (Å²) in [4.78, 5) is 4.94. The van der Waals surface area contributed by atoms with Crippen LogP contribution >= 0.6 is 11.3 Å². The molecule has 0 aliphatic carbocycles. The molecule has 1 N–H and O–H groups in total. The van der Waals surface area contributed by atoms with Gasteiger partial charge in [0.05, 0.1) is 17.5 Å².